The average Bonchev–Trinajstić information content (AvgIpc) is 3.17. The van der Waals surface area contributed by atoms with Gasteiger partial charge in [0.25, 0.3) is 0 Å². The van der Waals surface area contributed by atoms with Crippen LogP contribution in [-0.4, -0.2) is 26.3 Å². The SMILES string of the molecule is CCCCn1c(-c2ccc3ccccc3c2)nc2c1C(=O)c1ccccc1C2=NO. The molecular formula is C25H21N3O2. The number of imidazole rings is 1. The second-order valence-electron chi connectivity index (χ2n) is 7.52. The summed E-state index contributed by atoms with van der Waals surface area (Å²) < 4.78 is 1.99. The smallest absolute Gasteiger partial charge is 0.212 e. The molecule has 0 radical (unpaired) electrons. The third-order valence-corrected chi connectivity index (χ3v) is 5.68. The van der Waals surface area contributed by atoms with Gasteiger partial charge in [-0.25, -0.2) is 4.98 Å². The van der Waals surface area contributed by atoms with Gasteiger partial charge in [0.2, 0.25) is 5.78 Å². The first kappa shape index (κ1) is 18.3. The highest BCUT2D eigenvalue weighted by molar-refractivity contribution is 6.29. The maximum absolute atomic E-state index is 13.4. The molecule has 0 unspecified atom stereocenters. The summed E-state index contributed by atoms with van der Waals surface area (Å²) in [5.41, 5.74) is 3.38. The van der Waals surface area contributed by atoms with E-state index in [0.29, 0.717) is 34.8 Å². The Kier molecular flexibility index (Phi) is 4.43. The first-order chi connectivity index (χ1) is 14.7. The van der Waals surface area contributed by atoms with Crippen LogP contribution in [0.1, 0.15) is 47.1 Å². The Bertz CT molecular complexity index is 1320. The molecule has 0 aliphatic heterocycles. The maximum atomic E-state index is 13.4. The standard InChI is InChI=1S/C25H21N3O2/c1-2-3-14-28-23-22(21(27-30)19-10-6-7-11-20(19)24(23)29)26-25(28)18-13-12-16-8-4-5-9-17(16)15-18/h4-13,15,30H,2-3,14H2,1H3. The van der Waals surface area contributed by atoms with Gasteiger partial charge in [-0.05, 0) is 23.3 Å². The average molecular weight is 395 g/mol. The summed E-state index contributed by atoms with van der Waals surface area (Å²) in [6, 6.07) is 21.6. The van der Waals surface area contributed by atoms with Crippen molar-refractivity contribution in [3.05, 3.63) is 89.2 Å². The van der Waals surface area contributed by atoms with Crippen LogP contribution in [0.4, 0.5) is 0 Å². The van der Waals surface area contributed by atoms with Crippen molar-refractivity contribution in [2.45, 2.75) is 26.3 Å². The summed E-state index contributed by atoms with van der Waals surface area (Å²) in [6.45, 7) is 2.80. The topological polar surface area (TPSA) is 67.5 Å². The van der Waals surface area contributed by atoms with Crippen LogP contribution in [0.25, 0.3) is 22.2 Å². The molecule has 1 aliphatic rings. The van der Waals surface area contributed by atoms with E-state index < -0.39 is 0 Å². The third-order valence-electron chi connectivity index (χ3n) is 5.68. The highest BCUT2D eigenvalue weighted by Crippen LogP contribution is 2.33. The van der Waals surface area contributed by atoms with Crippen molar-refractivity contribution in [2.24, 2.45) is 5.16 Å². The van der Waals surface area contributed by atoms with Crippen molar-refractivity contribution in [3.63, 3.8) is 0 Å². The number of carbonyl (C=O) groups excluding carboxylic acids is 1. The molecule has 1 aromatic heterocycles. The first-order valence-electron chi connectivity index (χ1n) is 10.2. The van der Waals surface area contributed by atoms with Crippen LogP contribution < -0.4 is 0 Å². The predicted octanol–water partition coefficient (Wildman–Crippen LogP) is 5.27. The lowest BCUT2D eigenvalue weighted by molar-refractivity contribution is 0.102. The number of fused-ring (bicyclic) bond motifs is 3. The Morgan fingerprint density at radius 2 is 1.70 bits per heavy atom. The molecule has 0 bridgehead atoms. The number of benzene rings is 3. The molecule has 30 heavy (non-hydrogen) atoms. The zero-order chi connectivity index (χ0) is 20.7. The molecule has 1 N–H and O–H groups in total. The van der Waals surface area contributed by atoms with Crippen LogP contribution in [0, 0.1) is 0 Å². The molecule has 5 rings (SSSR count). The van der Waals surface area contributed by atoms with Gasteiger partial charge in [0, 0.05) is 23.2 Å². The van der Waals surface area contributed by atoms with E-state index in [-0.39, 0.29) is 5.78 Å². The summed E-state index contributed by atoms with van der Waals surface area (Å²) >= 11 is 0. The fourth-order valence-corrected chi connectivity index (χ4v) is 4.17. The maximum Gasteiger partial charge on any atom is 0.212 e. The highest BCUT2D eigenvalue weighted by Gasteiger charge is 2.35. The van der Waals surface area contributed by atoms with Crippen LogP contribution >= 0.6 is 0 Å². The zero-order valence-electron chi connectivity index (χ0n) is 16.7. The minimum atomic E-state index is -0.0800. The Hall–Kier alpha value is -3.73. The number of hydrogen-bond acceptors (Lipinski definition) is 4. The van der Waals surface area contributed by atoms with Crippen molar-refractivity contribution in [1.82, 2.24) is 9.55 Å². The Morgan fingerprint density at radius 1 is 0.967 bits per heavy atom. The molecular weight excluding hydrogens is 374 g/mol. The monoisotopic (exact) mass is 395 g/mol. The van der Waals surface area contributed by atoms with Crippen LogP contribution in [0.5, 0.6) is 0 Å². The van der Waals surface area contributed by atoms with E-state index in [0.717, 1.165) is 35.0 Å². The largest absolute Gasteiger partial charge is 0.410 e. The van der Waals surface area contributed by atoms with Crippen molar-refractivity contribution in [1.29, 1.82) is 0 Å². The van der Waals surface area contributed by atoms with E-state index >= 15 is 0 Å². The fraction of sp³-hybridized carbons (Fsp3) is 0.160. The van der Waals surface area contributed by atoms with Gasteiger partial charge in [0.15, 0.2) is 0 Å². The molecule has 0 atom stereocenters. The second kappa shape index (κ2) is 7.26. The van der Waals surface area contributed by atoms with E-state index in [9.17, 15) is 10.0 Å². The van der Waals surface area contributed by atoms with Gasteiger partial charge >= 0.3 is 0 Å². The fourth-order valence-electron chi connectivity index (χ4n) is 4.17. The lowest BCUT2D eigenvalue weighted by Crippen LogP contribution is -2.24. The first-order valence-corrected chi connectivity index (χ1v) is 10.2. The number of aromatic nitrogens is 2. The van der Waals surface area contributed by atoms with Gasteiger partial charge in [-0.2, -0.15) is 0 Å². The van der Waals surface area contributed by atoms with Crippen molar-refractivity contribution < 1.29 is 10.0 Å². The van der Waals surface area contributed by atoms with Gasteiger partial charge < -0.3 is 9.77 Å². The normalized spacial score (nSPS) is 14.2. The van der Waals surface area contributed by atoms with Crippen LogP contribution in [0.2, 0.25) is 0 Å². The molecule has 1 heterocycles. The molecule has 0 saturated heterocycles. The second-order valence-corrected chi connectivity index (χ2v) is 7.52. The van der Waals surface area contributed by atoms with E-state index in [4.69, 9.17) is 4.98 Å². The van der Waals surface area contributed by atoms with E-state index in [2.05, 4.69) is 36.3 Å². The van der Waals surface area contributed by atoms with Gasteiger partial charge in [0.1, 0.15) is 22.9 Å². The van der Waals surface area contributed by atoms with Crippen molar-refractivity contribution in [2.75, 3.05) is 0 Å². The summed E-state index contributed by atoms with van der Waals surface area (Å²) in [4.78, 5) is 18.2. The third kappa shape index (κ3) is 2.74. The lowest BCUT2D eigenvalue weighted by Gasteiger charge is -2.18. The lowest BCUT2D eigenvalue weighted by atomic mass is 9.89. The molecule has 0 amide bonds. The molecule has 3 aromatic carbocycles. The van der Waals surface area contributed by atoms with E-state index in [1.54, 1.807) is 12.1 Å². The molecule has 5 heteroatoms. The molecule has 0 saturated carbocycles. The number of rotatable bonds is 4. The number of carbonyl (C=O) groups is 1. The number of oxime groups is 1. The minimum Gasteiger partial charge on any atom is -0.410 e. The highest BCUT2D eigenvalue weighted by atomic mass is 16.4. The molecule has 148 valence electrons. The molecule has 1 aliphatic carbocycles. The number of unbranched alkanes of at least 4 members (excludes halogenated alkanes) is 1. The Labute approximate surface area is 174 Å². The van der Waals surface area contributed by atoms with Gasteiger partial charge in [-0.1, -0.05) is 79.2 Å². The van der Waals surface area contributed by atoms with Crippen molar-refractivity contribution >= 4 is 22.3 Å². The molecule has 5 nitrogen and oxygen atoms in total. The Morgan fingerprint density at radius 3 is 2.47 bits per heavy atom. The molecule has 0 fully saturated rings. The molecule has 4 aromatic rings. The van der Waals surface area contributed by atoms with Gasteiger partial charge in [-0.3, -0.25) is 4.79 Å². The van der Waals surface area contributed by atoms with E-state index in [1.165, 1.54) is 0 Å². The summed E-state index contributed by atoms with van der Waals surface area (Å²) in [7, 11) is 0. The van der Waals surface area contributed by atoms with Crippen molar-refractivity contribution in [3.8, 4) is 11.4 Å². The minimum absolute atomic E-state index is 0.0800. The summed E-state index contributed by atoms with van der Waals surface area (Å²) in [5, 5.41) is 15.6. The summed E-state index contributed by atoms with van der Waals surface area (Å²) in [6.07, 6.45) is 1.92. The van der Waals surface area contributed by atoms with Gasteiger partial charge in [-0.15, -0.1) is 0 Å². The number of ketones is 1. The Balaban J connectivity index is 1.76. The zero-order valence-corrected chi connectivity index (χ0v) is 16.7. The summed E-state index contributed by atoms with van der Waals surface area (Å²) in [5.74, 6) is 0.644. The number of nitrogens with zero attached hydrogens (tertiary/aromatic N) is 3. The van der Waals surface area contributed by atoms with Gasteiger partial charge in [0.05, 0.1) is 0 Å². The van der Waals surface area contributed by atoms with Crippen LogP contribution in [0.15, 0.2) is 71.9 Å². The predicted molar refractivity (Wildman–Crippen MR) is 117 cm³/mol. The number of hydrogen-bond donors (Lipinski definition) is 1. The van der Waals surface area contributed by atoms with Crippen LogP contribution in [-0.2, 0) is 6.54 Å². The van der Waals surface area contributed by atoms with Crippen LogP contribution in [0.3, 0.4) is 0 Å². The quantitative estimate of drug-likeness (QED) is 0.333. The van der Waals surface area contributed by atoms with E-state index in [1.807, 2.05) is 34.9 Å². The molecule has 0 spiro atoms.